The number of nitrogens with zero attached hydrogens (tertiary/aromatic N) is 1. The van der Waals surface area contributed by atoms with Crippen molar-refractivity contribution in [2.45, 2.75) is 12.8 Å². The normalized spacial score (nSPS) is 25.2. The summed E-state index contributed by atoms with van der Waals surface area (Å²) in [5.74, 6) is -3.04. The molecule has 2 amide bonds. The lowest BCUT2D eigenvalue weighted by Crippen LogP contribution is -2.31. The van der Waals surface area contributed by atoms with Gasteiger partial charge < -0.3 is 5.11 Å². The van der Waals surface area contributed by atoms with Crippen LogP contribution in [0.25, 0.3) is 0 Å². The van der Waals surface area contributed by atoms with Crippen molar-refractivity contribution < 1.29 is 19.1 Å². The molecular formula is C14H11ClFNO3. The molecule has 1 heterocycles. The van der Waals surface area contributed by atoms with E-state index in [4.69, 9.17) is 11.6 Å². The van der Waals surface area contributed by atoms with Crippen LogP contribution in [0.4, 0.5) is 10.1 Å². The Bertz CT molecular complexity index is 644. The van der Waals surface area contributed by atoms with Crippen molar-refractivity contribution in [3.63, 3.8) is 0 Å². The Morgan fingerprint density at radius 1 is 1.30 bits per heavy atom. The number of hydrogen-bond acceptors (Lipinski definition) is 3. The van der Waals surface area contributed by atoms with Crippen molar-refractivity contribution in [3.05, 3.63) is 35.1 Å². The standard InChI is InChI=1S/C14H11ClFNO3/c15-9-5-10(16)11(6-12(9)18)17-13(19)7-3-1-2-4-8(7)14(17)20/h1,3,5-8,18H,2,4H2. The van der Waals surface area contributed by atoms with Gasteiger partial charge in [0.15, 0.2) is 0 Å². The summed E-state index contributed by atoms with van der Waals surface area (Å²) in [5.41, 5.74) is -0.246. The van der Waals surface area contributed by atoms with E-state index in [1.54, 1.807) is 6.08 Å². The van der Waals surface area contributed by atoms with E-state index >= 15 is 0 Å². The Morgan fingerprint density at radius 2 is 2.05 bits per heavy atom. The number of phenols is 1. The zero-order valence-corrected chi connectivity index (χ0v) is 11.1. The Labute approximate surface area is 119 Å². The number of halogens is 2. The van der Waals surface area contributed by atoms with Gasteiger partial charge in [0, 0.05) is 6.07 Å². The van der Waals surface area contributed by atoms with Crippen LogP contribution < -0.4 is 4.90 Å². The van der Waals surface area contributed by atoms with E-state index in [1.807, 2.05) is 6.08 Å². The van der Waals surface area contributed by atoms with Crippen LogP contribution in [0.2, 0.25) is 5.02 Å². The topological polar surface area (TPSA) is 57.6 Å². The molecule has 1 fully saturated rings. The van der Waals surface area contributed by atoms with Gasteiger partial charge in [0.25, 0.3) is 0 Å². The molecule has 4 nitrogen and oxygen atoms in total. The first-order chi connectivity index (χ1) is 9.50. The molecule has 0 bridgehead atoms. The summed E-state index contributed by atoms with van der Waals surface area (Å²) in [7, 11) is 0. The number of rotatable bonds is 1. The fraction of sp³-hybridized carbons (Fsp3) is 0.286. The lowest BCUT2D eigenvalue weighted by molar-refractivity contribution is -0.122. The minimum absolute atomic E-state index is 0.164. The summed E-state index contributed by atoms with van der Waals surface area (Å²) in [5, 5.41) is 9.39. The first-order valence-electron chi connectivity index (χ1n) is 6.23. The molecule has 1 saturated heterocycles. The Kier molecular flexibility index (Phi) is 3.01. The molecule has 0 saturated carbocycles. The molecule has 0 aromatic heterocycles. The summed E-state index contributed by atoms with van der Waals surface area (Å²) in [6.45, 7) is 0. The third-order valence-electron chi connectivity index (χ3n) is 3.72. The SMILES string of the molecule is O=C1C2C=CCCC2C(=O)N1c1cc(O)c(Cl)cc1F. The van der Waals surface area contributed by atoms with E-state index in [0.29, 0.717) is 6.42 Å². The number of anilines is 1. The number of amides is 2. The maximum atomic E-state index is 13.9. The summed E-state index contributed by atoms with van der Waals surface area (Å²) < 4.78 is 13.9. The van der Waals surface area contributed by atoms with Gasteiger partial charge in [-0.15, -0.1) is 0 Å². The van der Waals surface area contributed by atoms with E-state index in [9.17, 15) is 19.1 Å². The van der Waals surface area contributed by atoms with Crippen molar-refractivity contribution in [1.29, 1.82) is 0 Å². The number of allylic oxidation sites excluding steroid dienone is 1. The third-order valence-corrected chi connectivity index (χ3v) is 4.02. The van der Waals surface area contributed by atoms with E-state index in [2.05, 4.69) is 0 Å². The number of fused-ring (bicyclic) bond motifs is 1. The predicted molar refractivity (Wildman–Crippen MR) is 70.9 cm³/mol. The van der Waals surface area contributed by atoms with Gasteiger partial charge in [0.2, 0.25) is 11.8 Å². The Morgan fingerprint density at radius 3 is 2.75 bits per heavy atom. The van der Waals surface area contributed by atoms with Gasteiger partial charge in [0.05, 0.1) is 22.5 Å². The molecule has 1 aromatic rings. The summed E-state index contributed by atoms with van der Waals surface area (Å²) in [4.78, 5) is 25.4. The van der Waals surface area contributed by atoms with Gasteiger partial charge in [0.1, 0.15) is 11.6 Å². The molecule has 1 aliphatic carbocycles. The average molecular weight is 296 g/mol. The lowest BCUT2D eigenvalue weighted by atomic mass is 9.86. The number of phenolic OH excluding ortho intramolecular Hbond substituents is 1. The van der Waals surface area contributed by atoms with Crippen molar-refractivity contribution in [2.24, 2.45) is 11.8 Å². The van der Waals surface area contributed by atoms with E-state index in [1.165, 1.54) is 0 Å². The van der Waals surface area contributed by atoms with Crippen LogP contribution in [0, 0.1) is 17.7 Å². The molecule has 2 atom stereocenters. The first kappa shape index (κ1) is 13.1. The highest BCUT2D eigenvalue weighted by Gasteiger charge is 2.48. The molecule has 104 valence electrons. The molecule has 1 N–H and O–H groups in total. The Balaban J connectivity index is 2.07. The predicted octanol–water partition coefficient (Wildman–Crippen LogP) is 2.64. The maximum Gasteiger partial charge on any atom is 0.241 e. The minimum atomic E-state index is -0.808. The first-order valence-corrected chi connectivity index (χ1v) is 6.61. The van der Waals surface area contributed by atoms with Gasteiger partial charge in [-0.1, -0.05) is 23.8 Å². The van der Waals surface area contributed by atoms with Crippen molar-refractivity contribution in [1.82, 2.24) is 0 Å². The zero-order chi connectivity index (χ0) is 14.4. The molecule has 0 radical (unpaired) electrons. The molecule has 2 unspecified atom stereocenters. The summed E-state index contributed by atoms with van der Waals surface area (Å²) in [6.07, 6.45) is 4.85. The molecule has 20 heavy (non-hydrogen) atoms. The number of aromatic hydroxyl groups is 1. The van der Waals surface area contributed by atoms with Crippen LogP contribution in [-0.4, -0.2) is 16.9 Å². The average Bonchev–Trinajstić information content (AvgIpc) is 2.68. The smallest absolute Gasteiger partial charge is 0.241 e. The molecule has 6 heteroatoms. The molecule has 1 aliphatic heterocycles. The molecule has 2 aliphatic rings. The second-order valence-corrected chi connectivity index (χ2v) is 5.31. The van der Waals surface area contributed by atoms with Crippen LogP contribution in [0.1, 0.15) is 12.8 Å². The Hall–Kier alpha value is -1.88. The van der Waals surface area contributed by atoms with Gasteiger partial charge in [-0.25, -0.2) is 9.29 Å². The van der Waals surface area contributed by atoms with Crippen LogP contribution in [-0.2, 0) is 9.59 Å². The van der Waals surface area contributed by atoms with Crippen LogP contribution in [0.5, 0.6) is 5.75 Å². The van der Waals surface area contributed by atoms with E-state index in [-0.39, 0.29) is 16.5 Å². The van der Waals surface area contributed by atoms with Crippen molar-refractivity contribution in [2.75, 3.05) is 4.90 Å². The van der Waals surface area contributed by atoms with Crippen LogP contribution in [0.3, 0.4) is 0 Å². The zero-order valence-electron chi connectivity index (χ0n) is 10.3. The summed E-state index contributed by atoms with van der Waals surface area (Å²) >= 11 is 5.60. The number of carbonyl (C=O) groups excluding carboxylic acids is 2. The fourth-order valence-electron chi connectivity index (χ4n) is 2.72. The number of imide groups is 1. The van der Waals surface area contributed by atoms with Gasteiger partial charge in [-0.2, -0.15) is 0 Å². The van der Waals surface area contributed by atoms with E-state index < -0.39 is 29.5 Å². The van der Waals surface area contributed by atoms with Crippen molar-refractivity contribution in [3.8, 4) is 5.75 Å². The highest BCUT2D eigenvalue weighted by atomic mass is 35.5. The van der Waals surface area contributed by atoms with Crippen LogP contribution >= 0.6 is 11.6 Å². The lowest BCUT2D eigenvalue weighted by Gasteiger charge is -2.16. The highest BCUT2D eigenvalue weighted by molar-refractivity contribution is 6.32. The molecule has 0 spiro atoms. The van der Waals surface area contributed by atoms with Gasteiger partial charge in [-0.3, -0.25) is 9.59 Å². The largest absolute Gasteiger partial charge is 0.506 e. The maximum absolute atomic E-state index is 13.9. The second kappa shape index (κ2) is 4.59. The molecule has 3 rings (SSSR count). The van der Waals surface area contributed by atoms with Crippen molar-refractivity contribution >= 4 is 29.1 Å². The number of carbonyl (C=O) groups is 2. The fourth-order valence-corrected chi connectivity index (χ4v) is 2.87. The third kappa shape index (κ3) is 1.81. The van der Waals surface area contributed by atoms with Crippen LogP contribution in [0.15, 0.2) is 24.3 Å². The number of hydrogen-bond donors (Lipinski definition) is 1. The quantitative estimate of drug-likeness (QED) is 0.640. The van der Waals surface area contributed by atoms with Gasteiger partial charge in [-0.05, 0) is 18.9 Å². The highest BCUT2D eigenvalue weighted by Crippen LogP contribution is 2.40. The number of benzene rings is 1. The second-order valence-electron chi connectivity index (χ2n) is 4.90. The minimum Gasteiger partial charge on any atom is -0.506 e. The summed E-state index contributed by atoms with van der Waals surface area (Å²) in [6, 6.07) is 1.90. The van der Waals surface area contributed by atoms with E-state index in [0.717, 1.165) is 23.5 Å². The molecular weight excluding hydrogens is 285 g/mol. The van der Waals surface area contributed by atoms with Gasteiger partial charge >= 0.3 is 0 Å². The molecule has 1 aromatic carbocycles. The monoisotopic (exact) mass is 295 g/mol.